The Balaban J connectivity index is 1.73. The van der Waals surface area contributed by atoms with Crippen molar-refractivity contribution < 1.29 is 28.5 Å². The fourth-order valence-electron chi connectivity index (χ4n) is 4.84. The fourth-order valence-corrected chi connectivity index (χ4v) is 4.84. The lowest BCUT2D eigenvalue weighted by molar-refractivity contribution is -0.141. The van der Waals surface area contributed by atoms with Gasteiger partial charge < -0.3 is 23.8 Å². The second-order valence-electron chi connectivity index (χ2n) is 7.98. The lowest BCUT2D eigenvalue weighted by atomic mass is 9.89. The van der Waals surface area contributed by atoms with Gasteiger partial charge in [0.2, 0.25) is 5.91 Å². The minimum atomic E-state index is -0.756. The number of nitrogens with zero attached hydrogens (tertiary/aromatic N) is 2. The molecule has 1 aliphatic carbocycles. The summed E-state index contributed by atoms with van der Waals surface area (Å²) >= 11 is 0. The summed E-state index contributed by atoms with van der Waals surface area (Å²) in [5.74, 6) is 0.489. The largest absolute Gasteiger partial charge is 0.496 e. The van der Waals surface area contributed by atoms with Crippen molar-refractivity contribution in [2.45, 2.75) is 43.9 Å². The van der Waals surface area contributed by atoms with E-state index in [1.807, 2.05) is 0 Å². The molecule has 2 aliphatic heterocycles. The van der Waals surface area contributed by atoms with Gasteiger partial charge in [-0.05, 0) is 37.8 Å². The number of methoxy groups -OCH3 is 2. The summed E-state index contributed by atoms with van der Waals surface area (Å²) in [5.41, 5.74) is -0.425. The molecule has 1 atom stereocenters. The van der Waals surface area contributed by atoms with Gasteiger partial charge in [-0.1, -0.05) is 12.5 Å². The molecule has 8 heteroatoms. The van der Waals surface area contributed by atoms with Gasteiger partial charge in [0.25, 0.3) is 5.91 Å². The normalized spacial score (nSPS) is 23.5. The first-order chi connectivity index (χ1) is 14.6. The van der Waals surface area contributed by atoms with Crippen LogP contribution >= 0.6 is 0 Å². The molecule has 0 N–H and O–H groups in total. The zero-order valence-electron chi connectivity index (χ0n) is 17.7. The van der Waals surface area contributed by atoms with Gasteiger partial charge in [-0.2, -0.15) is 0 Å². The quantitative estimate of drug-likeness (QED) is 0.745. The number of hydrogen-bond acceptors (Lipinski definition) is 6. The predicted octanol–water partition coefficient (Wildman–Crippen LogP) is 2.06. The van der Waals surface area contributed by atoms with E-state index in [2.05, 4.69) is 0 Å². The second kappa shape index (κ2) is 8.81. The highest BCUT2D eigenvalue weighted by Crippen LogP contribution is 2.43. The third kappa shape index (κ3) is 3.63. The lowest BCUT2D eigenvalue weighted by Crippen LogP contribution is -2.58. The van der Waals surface area contributed by atoms with Crippen LogP contribution in [0.1, 0.15) is 42.5 Å². The van der Waals surface area contributed by atoms with Crippen molar-refractivity contribution in [2.75, 3.05) is 47.1 Å². The highest BCUT2D eigenvalue weighted by molar-refractivity contribution is 6.02. The number of rotatable bonds is 4. The van der Waals surface area contributed by atoms with E-state index < -0.39 is 11.8 Å². The molecule has 0 bridgehead atoms. The number of hydrogen-bond donors (Lipinski definition) is 0. The van der Waals surface area contributed by atoms with E-state index in [0.29, 0.717) is 43.4 Å². The van der Waals surface area contributed by atoms with Crippen molar-refractivity contribution in [2.24, 2.45) is 0 Å². The number of morpholine rings is 1. The molecule has 30 heavy (non-hydrogen) atoms. The molecule has 0 unspecified atom stereocenters. The lowest BCUT2D eigenvalue weighted by Gasteiger charge is -2.42. The number of ether oxygens (including phenoxy) is 4. The van der Waals surface area contributed by atoms with Gasteiger partial charge in [-0.15, -0.1) is 0 Å². The monoisotopic (exact) mass is 418 g/mol. The predicted molar refractivity (Wildman–Crippen MR) is 109 cm³/mol. The standard InChI is InChI=1S/C22H30N2O6/c1-27-17-7-6-8-18(28-2)19(17)21(26)24-16(20(25)23-11-13-29-14-12-23)15-30-22(24)9-4-3-5-10-22/h6-8,16H,3-5,9-15H2,1-2H3/t16-/m0/s1. The van der Waals surface area contributed by atoms with Crippen LogP contribution in [0.15, 0.2) is 18.2 Å². The Kier molecular flexibility index (Phi) is 6.15. The topological polar surface area (TPSA) is 77.5 Å². The second-order valence-corrected chi connectivity index (χ2v) is 7.98. The van der Waals surface area contributed by atoms with Crippen molar-refractivity contribution in [3.63, 3.8) is 0 Å². The molecule has 2 saturated heterocycles. The molecule has 164 valence electrons. The molecule has 2 amide bonds. The maximum atomic E-state index is 14.0. The number of amides is 2. The van der Waals surface area contributed by atoms with Crippen molar-refractivity contribution in [1.82, 2.24) is 9.80 Å². The molecular weight excluding hydrogens is 388 g/mol. The van der Waals surface area contributed by atoms with E-state index in [1.54, 1.807) is 28.0 Å². The first-order valence-corrected chi connectivity index (χ1v) is 10.7. The summed E-state index contributed by atoms with van der Waals surface area (Å²) in [6, 6.07) is 4.59. The summed E-state index contributed by atoms with van der Waals surface area (Å²) in [7, 11) is 3.05. The van der Waals surface area contributed by atoms with Crippen LogP contribution in [0, 0.1) is 0 Å². The number of carbonyl (C=O) groups excluding carboxylic acids is 2. The van der Waals surface area contributed by atoms with Gasteiger partial charge >= 0.3 is 0 Å². The molecule has 1 spiro atoms. The van der Waals surface area contributed by atoms with Gasteiger partial charge in [0, 0.05) is 13.1 Å². The Morgan fingerprint density at radius 2 is 1.67 bits per heavy atom. The molecule has 8 nitrogen and oxygen atoms in total. The fraction of sp³-hybridized carbons (Fsp3) is 0.636. The van der Waals surface area contributed by atoms with Crippen LogP contribution in [0.5, 0.6) is 11.5 Å². The van der Waals surface area contributed by atoms with Crippen molar-refractivity contribution in [3.8, 4) is 11.5 Å². The zero-order chi connectivity index (χ0) is 21.1. The van der Waals surface area contributed by atoms with Crippen molar-refractivity contribution >= 4 is 11.8 Å². The van der Waals surface area contributed by atoms with Crippen LogP contribution in [0.2, 0.25) is 0 Å². The SMILES string of the molecule is COc1cccc(OC)c1C(=O)N1[C@H](C(=O)N2CCOCC2)COC12CCCCC2. The summed E-state index contributed by atoms with van der Waals surface area (Å²) in [6.07, 6.45) is 4.48. The molecule has 3 aliphatic rings. The van der Waals surface area contributed by atoms with Crippen LogP contribution in [0.25, 0.3) is 0 Å². The van der Waals surface area contributed by atoms with Gasteiger partial charge in [-0.3, -0.25) is 14.5 Å². The van der Waals surface area contributed by atoms with E-state index in [-0.39, 0.29) is 18.4 Å². The van der Waals surface area contributed by atoms with Crippen LogP contribution in [-0.4, -0.2) is 80.5 Å². The van der Waals surface area contributed by atoms with Crippen LogP contribution < -0.4 is 9.47 Å². The molecule has 1 saturated carbocycles. The van der Waals surface area contributed by atoms with Gasteiger partial charge in [0.15, 0.2) is 0 Å². The third-order valence-corrected chi connectivity index (χ3v) is 6.36. The smallest absolute Gasteiger partial charge is 0.264 e. The third-order valence-electron chi connectivity index (χ3n) is 6.36. The average molecular weight is 418 g/mol. The van der Waals surface area contributed by atoms with E-state index in [1.165, 1.54) is 14.2 Å². The molecule has 4 rings (SSSR count). The van der Waals surface area contributed by atoms with Crippen LogP contribution in [0.3, 0.4) is 0 Å². The van der Waals surface area contributed by atoms with Gasteiger partial charge in [0.1, 0.15) is 28.8 Å². The Labute approximate surface area is 177 Å². The maximum Gasteiger partial charge on any atom is 0.264 e. The zero-order valence-corrected chi connectivity index (χ0v) is 17.7. The molecule has 1 aromatic rings. The molecule has 3 fully saturated rings. The first kappa shape index (κ1) is 20.9. The van der Waals surface area contributed by atoms with Crippen LogP contribution in [-0.2, 0) is 14.3 Å². The van der Waals surface area contributed by atoms with Gasteiger partial charge in [-0.25, -0.2) is 0 Å². The molecule has 2 heterocycles. The average Bonchev–Trinajstić information content (AvgIpc) is 3.16. The highest BCUT2D eigenvalue weighted by atomic mass is 16.5. The molecule has 1 aromatic carbocycles. The summed E-state index contributed by atoms with van der Waals surface area (Å²) in [6.45, 7) is 2.29. The molecule has 0 radical (unpaired) electrons. The minimum absolute atomic E-state index is 0.0806. The molecular formula is C22H30N2O6. The number of carbonyl (C=O) groups is 2. The van der Waals surface area contributed by atoms with E-state index in [4.69, 9.17) is 18.9 Å². The first-order valence-electron chi connectivity index (χ1n) is 10.7. The van der Waals surface area contributed by atoms with E-state index in [0.717, 1.165) is 32.1 Å². The highest BCUT2D eigenvalue weighted by Gasteiger charge is 2.54. The van der Waals surface area contributed by atoms with E-state index >= 15 is 0 Å². The summed E-state index contributed by atoms with van der Waals surface area (Å²) in [5, 5.41) is 0. The molecule has 0 aromatic heterocycles. The number of benzene rings is 1. The van der Waals surface area contributed by atoms with Crippen molar-refractivity contribution in [3.05, 3.63) is 23.8 Å². The summed E-state index contributed by atoms with van der Waals surface area (Å²) in [4.78, 5) is 30.8. The Hall–Kier alpha value is -2.32. The minimum Gasteiger partial charge on any atom is -0.496 e. The Bertz CT molecular complexity index is 764. The Morgan fingerprint density at radius 1 is 1.03 bits per heavy atom. The Morgan fingerprint density at radius 3 is 2.27 bits per heavy atom. The van der Waals surface area contributed by atoms with Gasteiger partial charge in [0.05, 0.1) is 34.0 Å². The van der Waals surface area contributed by atoms with Crippen molar-refractivity contribution in [1.29, 1.82) is 0 Å². The van der Waals surface area contributed by atoms with Crippen LogP contribution in [0.4, 0.5) is 0 Å². The van der Waals surface area contributed by atoms with E-state index in [9.17, 15) is 9.59 Å². The maximum absolute atomic E-state index is 14.0. The summed E-state index contributed by atoms with van der Waals surface area (Å²) < 4.78 is 22.6.